The number of imidazole rings is 1. The molecule has 0 aliphatic heterocycles. The zero-order valence-corrected chi connectivity index (χ0v) is 16.2. The SMILES string of the molecule is Cn1c(=[Se])n(P(C(C)(C)C)C(C)(C)C)c2ccccc21. The average Bonchev–Trinajstić information content (AvgIpc) is 2.52. The first-order valence-electron chi connectivity index (χ1n) is 7.02. The summed E-state index contributed by atoms with van der Waals surface area (Å²) in [6.07, 6.45) is 0. The zero-order valence-electron chi connectivity index (χ0n) is 13.6. The van der Waals surface area contributed by atoms with Crippen LogP contribution in [0.15, 0.2) is 24.3 Å². The molecule has 0 aliphatic rings. The fraction of sp³-hybridized carbons (Fsp3) is 0.562. The van der Waals surface area contributed by atoms with Crippen LogP contribution in [-0.4, -0.2) is 34.8 Å². The van der Waals surface area contributed by atoms with Crippen molar-refractivity contribution in [3.05, 3.63) is 28.6 Å². The molecule has 20 heavy (non-hydrogen) atoms. The van der Waals surface area contributed by atoms with Crippen molar-refractivity contribution in [3.8, 4) is 0 Å². The Morgan fingerprint density at radius 3 is 1.80 bits per heavy atom. The Balaban J connectivity index is 2.86. The number of nitrogens with zero attached hydrogens (tertiary/aromatic N) is 2. The van der Waals surface area contributed by atoms with Crippen molar-refractivity contribution in [3.63, 3.8) is 0 Å². The van der Waals surface area contributed by atoms with Crippen molar-refractivity contribution in [2.45, 2.75) is 51.9 Å². The van der Waals surface area contributed by atoms with Gasteiger partial charge in [0.25, 0.3) is 0 Å². The summed E-state index contributed by atoms with van der Waals surface area (Å²) in [6.45, 7) is 14.2. The molecule has 2 aromatic rings. The third kappa shape index (κ3) is 2.69. The minimum absolute atomic E-state index is 0.251. The van der Waals surface area contributed by atoms with Crippen LogP contribution in [0, 0.1) is 4.32 Å². The Morgan fingerprint density at radius 2 is 1.35 bits per heavy atom. The van der Waals surface area contributed by atoms with Crippen LogP contribution in [0.25, 0.3) is 11.0 Å². The van der Waals surface area contributed by atoms with Gasteiger partial charge in [-0.05, 0) is 0 Å². The number of aryl methyl sites for hydroxylation is 1. The molecule has 0 saturated heterocycles. The summed E-state index contributed by atoms with van der Waals surface area (Å²) in [4.78, 5) is 0. The van der Waals surface area contributed by atoms with E-state index in [1.54, 1.807) is 0 Å². The second-order valence-electron chi connectivity index (χ2n) is 7.30. The molecular formula is C16H25N2PSe. The van der Waals surface area contributed by atoms with Gasteiger partial charge in [-0.25, -0.2) is 0 Å². The average molecular weight is 355 g/mol. The molecule has 0 atom stereocenters. The number of hydrogen-bond acceptors (Lipinski definition) is 0. The van der Waals surface area contributed by atoms with Gasteiger partial charge in [-0.2, -0.15) is 0 Å². The normalized spacial score (nSPS) is 13.4. The third-order valence-corrected chi connectivity index (χ3v) is 8.02. The van der Waals surface area contributed by atoms with Crippen LogP contribution in [0.5, 0.6) is 0 Å². The summed E-state index contributed by atoms with van der Waals surface area (Å²) in [5.74, 6) is 0. The van der Waals surface area contributed by atoms with E-state index in [1.807, 2.05) is 0 Å². The summed E-state index contributed by atoms with van der Waals surface area (Å²) in [7, 11) is 1.77. The molecule has 0 radical (unpaired) electrons. The molecule has 2 nitrogen and oxygen atoms in total. The van der Waals surface area contributed by atoms with Crippen molar-refractivity contribution >= 4 is 34.7 Å². The first-order chi connectivity index (χ1) is 9.05. The van der Waals surface area contributed by atoms with Crippen LogP contribution >= 0.6 is 8.07 Å². The second kappa shape index (κ2) is 5.13. The van der Waals surface area contributed by atoms with Crippen LogP contribution in [0.2, 0.25) is 0 Å². The van der Waals surface area contributed by atoms with Gasteiger partial charge in [-0.3, -0.25) is 0 Å². The van der Waals surface area contributed by atoms with Gasteiger partial charge in [0.2, 0.25) is 0 Å². The van der Waals surface area contributed by atoms with Gasteiger partial charge in [-0.15, -0.1) is 0 Å². The summed E-state index contributed by atoms with van der Waals surface area (Å²) in [5, 5.41) is 0.502. The van der Waals surface area contributed by atoms with E-state index in [0.29, 0.717) is 0 Å². The van der Waals surface area contributed by atoms with Gasteiger partial charge in [0.15, 0.2) is 0 Å². The van der Waals surface area contributed by atoms with Crippen LogP contribution < -0.4 is 0 Å². The molecular weight excluding hydrogens is 330 g/mol. The van der Waals surface area contributed by atoms with Gasteiger partial charge in [0, 0.05) is 0 Å². The molecule has 0 unspecified atom stereocenters. The van der Waals surface area contributed by atoms with Crippen molar-refractivity contribution in [1.29, 1.82) is 0 Å². The number of aromatic nitrogens is 2. The molecule has 1 aromatic heterocycles. The molecule has 0 spiro atoms. The molecule has 0 aliphatic carbocycles. The predicted molar refractivity (Wildman–Crippen MR) is 91.7 cm³/mol. The van der Waals surface area contributed by atoms with E-state index in [1.165, 1.54) is 15.4 Å². The van der Waals surface area contributed by atoms with Crippen LogP contribution in [0.4, 0.5) is 0 Å². The number of para-hydroxylation sites is 2. The van der Waals surface area contributed by atoms with E-state index in [4.69, 9.17) is 0 Å². The van der Waals surface area contributed by atoms with Crippen molar-refractivity contribution < 1.29 is 0 Å². The quantitative estimate of drug-likeness (QED) is 0.526. The molecule has 110 valence electrons. The zero-order chi connectivity index (χ0) is 15.3. The third-order valence-electron chi connectivity index (χ3n) is 3.41. The number of fused-ring (bicyclic) bond motifs is 1. The number of hydrogen-bond donors (Lipinski definition) is 0. The molecule has 0 bridgehead atoms. The predicted octanol–water partition coefficient (Wildman–Crippen LogP) is 4.52. The fourth-order valence-corrected chi connectivity index (χ4v) is 7.90. The molecule has 0 N–H and O–H groups in total. The Morgan fingerprint density at radius 1 is 0.900 bits per heavy atom. The molecule has 1 heterocycles. The van der Waals surface area contributed by atoms with Crippen molar-refractivity contribution in [2.24, 2.45) is 7.05 Å². The van der Waals surface area contributed by atoms with E-state index >= 15 is 0 Å². The van der Waals surface area contributed by atoms with E-state index in [0.717, 1.165) is 0 Å². The van der Waals surface area contributed by atoms with Gasteiger partial charge in [0.1, 0.15) is 0 Å². The van der Waals surface area contributed by atoms with Crippen LogP contribution in [-0.2, 0) is 7.05 Å². The van der Waals surface area contributed by atoms with Gasteiger partial charge in [-0.1, -0.05) is 0 Å². The second-order valence-corrected chi connectivity index (χ2v) is 11.8. The molecule has 1 aromatic carbocycles. The molecule has 4 heteroatoms. The monoisotopic (exact) mass is 356 g/mol. The number of rotatable bonds is 1. The number of benzene rings is 1. The summed E-state index contributed by atoms with van der Waals surface area (Å²) in [5.41, 5.74) is 2.63. The van der Waals surface area contributed by atoms with E-state index in [2.05, 4.69) is 97.3 Å². The Hall–Kier alpha value is -0.361. The van der Waals surface area contributed by atoms with Gasteiger partial charge < -0.3 is 0 Å². The Kier molecular flexibility index (Phi) is 4.10. The van der Waals surface area contributed by atoms with Gasteiger partial charge in [0.05, 0.1) is 0 Å². The van der Waals surface area contributed by atoms with Crippen LogP contribution in [0.3, 0.4) is 0 Å². The maximum absolute atomic E-state index is 3.30. The van der Waals surface area contributed by atoms with E-state index in [9.17, 15) is 0 Å². The first kappa shape index (κ1) is 16.0. The maximum atomic E-state index is 3.30. The minimum atomic E-state index is -0.373. The van der Waals surface area contributed by atoms with Crippen LogP contribution in [0.1, 0.15) is 41.5 Å². The first-order valence-corrected chi connectivity index (χ1v) is 9.17. The van der Waals surface area contributed by atoms with Gasteiger partial charge >= 0.3 is 131 Å². The molecule has 0 saturated carbocycles. The van der Waals surface area contributed by atoms with E-state index in [-0.39, 0.29) is 18.4 Å². The molecule has 2 rings (SSSR count). The van der Waals surface area contributed by atoms with Crippen molar-refractivity contribution in [1.82, 2.24) is 8.90 Å². The molecule has 0 amide bonds. The topological polar surface area (TPSA) is 9.86 Å². The Labute approximate surface area is 131 Å². The fourth-order valence-electron chi connectivity index (χ4n) is 3.07. The van der Waals surface area contributed by atoms with E-state index < -0.39 is 0 Å². The standard InChI is InChI=1S/C16H25N2PSe/c1-15(2,3)19(16(4,5)6)18-13-11-9-8-10-12(13)17(7)14(18)20/h8-11H,1-7H3. The van der Waals surface area contributed by atoms with Crippen molar-refractivity contribution in [2.75, 3.05) is 0 Å². The Bertz CT molecular complexity index is 669. The molecule has 0 fully saturated rings. The summed E-state index contributed by atoms with van der Waals surface area (Å²) >= 11 is 3.30. The summed E-state index contributed by atoms with van der Waals surface area (Å²) in [6, 6.07) is 8.69. The summed E-state index contributed by atoms with van der Waals surface area (Å²) < 4.78 is 6.04.